The molecule has 0 aliphatic carbocycles. The maximum Gasteiger partial charge on any atom is 0.220 e. The lowest BCUT2D eigenvalue weighted by Crippen LogP contribution is -2.28. The van der Waals surface area contributed by atoms with Crippen LogP contribution in [-0.4, -0.2) is 23.3 Å². The van der Waals surface area contributed by atoms with Crippen LogP contribution in [0.5, 0.6) is 0 Å². The Hall–Kier alpha value is -2.17. The van der Waals surface area contributed by atoms with Gasteiger partial charge in [-0.1, -0.05) is 59.6 Å². The highest BCUT2D eigenvalue weighted by molar-refractivity contribution is 6.31. The van der Waals surface area contributed by atoms with Crippen LogP contribution in [0, 0.1) is 6.92 Å². The van der Waals surface area contributed by atoms with Crippen molar-refractivity contribution in [2.45, 2.75) is 25.9 Å². The van der Waals surface area contributed by atoms with Gasteiger partial charge in [-0.05, 0) is 13.0 Å². The molecule has 0 fully saturated rings. The quantitative estimate of drug-likeness (QED) is 0.755. The molecule has 1 amide bonds. The Labute approximate surface area is 146 Å². The molecule has 0 saturated carbocycles. The van der Waals surface area contributed by atoms with Crippen molar-refractivity contribution >= 4 is 23.3 Å². The summed E-state index contributed by atoms with van der Waals surface area (Å²) in [5, 5.41) is 13.1. The van der Waals surface area contributed by atoms with E-state index in [1.807, 2.05) is 19.1 Å². The summed E-state index contributed by atoms with van der Waals surface area (Å²) in [5.41, 5.74) is 2.25. The third-order valence-corrected chi connectivity index (χ3v) is 4.05. The summed E-state index contributed by atoms with van der Waals surface area (Å²) in [5.74, 6) is -0.349. The maximum absolute atomic E-state index is 12.0. The maximum atomic E-state index is 12.0. The summed E-state index contributed by atoms with van der Waals surface area (Å²) >= 11 is 6.00. The second kappa shape index (κ2) is 8.62. The molecule has 0 aliphatic heterocycles. The second-order valence-electron chi connectivity index (χ2n) is 5.63. The van der Waals surface area contributed by atoms with Gasteiger partial charge in [0.05, 0.1) is 6.10 Å². The predicted octanol–water partition coefficient (Wildman–Crippen LogP) is 3.46. The van der Waals surface area contributed by atoms with Gasteiger partial charge in [0.15, 0.2) is 5.78 Å². The molecule has 2 N–H and O–H groups in total. The highest BCUT2D eigenvalue weighted by atomic mass is 35.5. The standard InChI is InChI=1S/C19H20ClNO3/c1-13-6-8-14(9-7-13)17(22)10-11-19(24)21-12-18(23)15-4-2-3-5-16(15)20/h2-9,18,23H,10-12H2,1H3,(H,21,24). The van der Waals surface area contributed by atoms with Gasteiger partial charge in [0, 0.05) is 35.5 Å². The number of hydrogen-bond acceptors (Lipinski definition) is 3. The molecule has 2 aromatic carbocycles. The minimum atomic E-state index is -0.879. The van der Waals surface area contributed by atoms with E-state index < -0.39 is 6.10 Å². The summed E-state index contributed by atoms with van der Waals surface area (Å²) in [6.07, 6.45) is -0.658. The zero-order valence-electron chi connectivity index (χ0n) is 13.5. The molecule has 2 rings (SSSR count). The number of rotatable bonds is 7. The van der Waals surface area contributed by atoms with Crippen LogP contribution in [0.25, 0.3) is 0 Å². The molecule has 0 aromatic heterocycles. The monoisotopic (exact) mass is 345 g/mol. The lowest BCUT2D eigenvalue weighted by Gasteiger charge is -2.13. The third kappa shape index (κ3) is 5.18. The molecule has 126 valence electrons. The molecule has 0 spiro atoms. The van der Waals surface area contributed by atoms with E-state index in [2.05, 4.69) is 5.32 Å². The van der Waals surface area contributed by atoms with Crippen molar-refractivity contribution < 1.29 is 14.7 Å². The van der Waals surface area contributed by atoms with E-state index in [9.17, 15) is 14.7 Å². The summed E-state index contributed by atoms with van der Waals surface area (Å²) in [6, 6.07) is 14.2. The van der Waals surface area contributed by atoms with Crippen LogP contribution in [0.3, 0.4) is 0 Å². The van der Waals surface area contributed by atoms with E-state index in [0.717, 1.165) is 5.56 Å². The molecule has 0 radical (unpaired) electrons. The molecular weight excluding hydrogens is 326 g/mol. The van der Waals surface area contributed by atoms with Gasteiger partial charge in [-0.2, -0.15) is 0 Å². The number of ketones is 1. The van der Waals surface area contributed by atoms with E-state index in [1.165, 1.54) is 0 Å². The molecule has 0 heterocycles. The average molecular weight is 346 g/mol. The van der Waals surface area contributed by atoms with Crippen molar-refractivity contribution in [3.05, 3.63) is 70.2 Å². The van der Waals surface area contributed by atoms with Gasteiger partial charge in [-0.15, -0.1) is 0 Å². The first-order valence-electron chi connectivity index (χ1n) is 7.76. The molecule has 4 nitrogen and oxygen atoms in total. The number of nitrogens with one attached hydrogen (secondary N) is 1. The van der Waals surface area contributed by atoms with Gasteiger partial charge in [0.2, 0.25) is 5.91 Å². The Morgan fingerprint density at radius 3 is 2.42 bits per heavy atom. The fourth-order valence-electron chi connectivity index (χ4n) is 2.27. The summed E-state index contributed by atoms with van der Waals surface area (Å²) < 4.78 is 0. The third-order valence-electron chi connectivity index (χ3n) is 3.71. The van der Waals surface area contributed by atoms with Gasteiger partial charge in [-0.3, -0.25) is 9.59 Å². The molecule has 1 atom stereocenters. The van der Waals surface area contributed by atoms with Gasteiger partial charge < -0.3 is 10.4 Å². The van der Waals surface area contributed by atoms with E-state index in [-0.39, 0.29) is 31.1 Å². The van der Waals surface area contributed by atoms with Crippen molar-refractivity contribution in [1.29, 1.82) is 0 Å². The minimum absolute atomic E-state index is 0.0568. The molecule has 24 heavy (non-hydrogen) atoms. The summed E-state index contributed by atoms with van der Waals surface area (Å²) in [4.78, 5) is 23.9. The number of hydrogen-bond donors (Lipinski definition) is 2. The fraction of sp³-hybridized carbons (Fsp3) is 0.263. The second-order valence-corrected chi connectivity index (χ2v) is 6.04. The number of carbonyl (C=O) groups is 2. The van der Waals surface area contributed by atoms with Crippen LogP contribution in [-0.2, 0) is 4.79 Å². The number of halogens is 1. The smallest absolute Gasteiger partial charge is 0.220 e. The first kappa shape index (κ1) is 18.2. The van der Waals surface area contributed by atoms with E-state index in [4.69, 9.17) is 11.6 Å². The number of Topliss-reactive ketones (excluding diaryl/α,β-unsaturated/α-hetero) is 1. The van der Waals surface area contributed by atoms with Crippen molar-refractivity contribution in [1.82, 2.24) is 5.32 Å². The van der Waals surface area contributed by atoms with E-state index in [0.29, 0.717) is 16.1 Å². The van der Waals surface area contributed by atoms with Gasteiger partial charge in [0.25, 0.3) is 0 Å². The topological polar surface area (TPSA) is 66.4 Å². The molecule has 1 unspecified atom stereocenters. The van der Waals surface area contributed by atoms with Crippen LogP contribution < -0.4 is 5.32 Å². The highest BCUT2D eigenvalue weighted by Crippen LogP contribution is 2.21. The number of benzene rings is 2. The molecule has 0 saturated heterocycles. The zero-order chi connectivity index (χ0) is 17.5. The van der Waals surface area contributed by atoms with Gasteiger partial charge >= 0.3 is 0 Å². The van der Waals surface area contributed by atoms with Gasteiger partial charge in [-0.25, -0.2) is 0 Å². The number of aliphatic hydroxyl groups excluding tert-OH is 1. The average Bonchev–Trinajstić information content (AvgIpc) is 2.58. The minimum Gasteiger partial charge on any atom is -0.387 e. The summed E-state index contributed by atoms with van der Waals surface area (Å²) in [6.45, 7) is 2.01. The Bertz CT molecular complexity index is 713. The van der Waals surface area contributed by atoms with Crippen LogP contribution in [0.2, 0.25) is 5.02 Å². The Morgan fingerprint density at radius 1 is 1.08 bits per heavy atom. The molecular formula is C19H20ClNO3. The fourth-order valence-corrected chi connectivity index (χ4v) is 2.53. The summed E-state index contributed by atoms with van der Waals surface area (Å²) in [7, 11) is 0. The lowest BCUT2D eigenvalue weighted by atomic mass is 10.0. The van der Waals surface area contributed by atoms with Gasteiger partial charge in [0.1, 0.15) is 0 Å². The lowest BCUT2D eigenvalue weighted by molar-refractivity contribution is -0.121. The normalized spacial score (nSPS) is 11.8. The first-order valence-corrected chi connectivity index (χ1v) is 8.14. The van der Waals surface area contributed by atoms with Crippen molar-refractivity contribution in [3.8, 4) is 0 Å². The number of amides is 1. The Kier molecular flexibility index (Phi) is 6.53. The van der Waals surface area contributed by atoms with E-state index in [1.54, 1.807) is 36.4 Å². The van der Waals surface area contributed by atoms with Crippen LogP contribution in [0.4, 0.5) is 0 Å². The molecule has 0 bridgehead atoms. The molecule has 5 heteroatoms. The largest absolute Gasteiger partial charge is 0.387 e. The van der Waals surface area contributed by atoms with Crippen molar-refractivity contribution in [3.63, 3.8) is 0 Å². The number of carbonyl (C=O) groups excluding carboxylic acids is 2. The van der Waals surface area contributed by atoms with Crippen molar-refractivity contribution in [2.24, 2.45) is 0 Å². The van der Waals surface area contributed by atoms with E-state index >= 15 is 0 Å². The van der Waals surface area contributed by atoms with Crippen LogP contribution >= 0.6 is 11.6 Å². The Balaban J connectivity index is 1.78. The van der Waals surface area contributed by atoms with Crippen molar-refractivity contribution in [2.75, 3.05) is 6.54 Å². The highest BCUT2D eigenvalue weighted by Gasteiger charge is 2.13. The molecule has 2 aromatic rings. The number of aliphatic hydroxyl groups is 1. The zero-order valence-corrected chi connectivity index (χ0v) is 14.2. The van der Waals surface area contributed by atoms with Crippen LogP contribution in [0.1, 0.15) is 40.4 Å². The SMILES string of the molecule is Cc1ccc(C(=O)CCC(=O)NCC(O)c2ccccc2Cl)cc1. The Morgan fingerprint density at radius 2 is 1.75 bits per heavy atom. The molecule has 0 aliphatic rings. The predicted molar refractivity (Wildman–Crippen MR) is 94.2 cm³/mol. The first-order chi connectivity index (χ1) is 11.5. The number of aryl methyl sites for hydroxylation is 1. The van der Waals surface area contributed by atoms with Crippen LogP contribution in [0.15, 0.2) is 48.5 Å².